The highest BCUT2D eigenvalue weighted by Crippen LogP contribution is 2.40. The van der Waals surface area contributed by atoms with Crippen molar-refractivity contribution in [3.05, 3.63) is 28.8 Å². The van der Waals surface area contributed by atoms with Crippen LogP contribution in [0.5, 0.6) is 0 Å². The molecule has 3 saturated heterocycles. The van der Waals surface area contributed by atoms with Crippen LogP contribution >= 0.6 is 0 Å². The number of carbonyl (C=O) groups is 1. The lowest BCUT2D eigenvalue weighted by Gasteiger charge is -2.37. The van der Waals surface area contributed by atoms with E-state index in [-0.39, 0.29) is 41.7 Å². The number of carbonyl (C=O) groups excluding carboxylic acids is 1. The van der Waals surface area contributed by atoms with Gasteiger partial charge in [0.2, 0.25) is 0 Å². The number of nitrogens with zero attached hydrogens (tertiary/aromatic N) is 2. The Morgan fingerprint density at radius 3 is 2.42 bits per heavy atom. The summed E-state index contributed by atoms with van der Waals surface area (Å²) < 4.78 is 30.3. The highest BCUT2D eigenvalue weighted by atomic mass is 19.1. The molecule has 4 aliphatic heterocycles. The van der Waals surface area contributed by atoms with Crippen molar-refractivity contribution in [2.24, 2.45) is 0 Å². The number of hydrogen-bond donors (Lipinski definition) is 2. The summed E-state index contributed by atoms with van der Waals surface area (Å²) in [5.74, 6) is -1.34. The van der Waals surface area contributed by atoms with Crippen molar-refractivity contribution in [2.45, 2.75) is 50.4 Å². The molecule has 2 N–H and O–H groups in total. The fourth-order valence-electron chi connectivity index (χ4n) is 5.18. The lowest BCUT2D eigenvalue weighted by molar-refractivity contribution is 0.0671. The van der Waals surface area contributed by atoms with Crippen LogP contribution in [0.15, 0.2) is 6.07 Å². The minimum Gasteiger partial charge on any atom is -0.361 e. The number of piperazine rings is 1. The quantitative estimate of drug-likeness (QED) is 0.839. The molecule has 26 heavy (non-hydrogen) atoms. The predicted octanol–water partition coefficient (Wildman–Crippen LogP) is 1.61. The van der Waals surface area contributed by atoms with Gasteiger partial charge in [-0.25, -0.2) is 8.78 Å². The fourth-order valence-corrected chi connectivity index (χ4v) is 5.18. The Labute approximate surface area is 151 Å². The molecule has 5 rings (SSSR count). The van der Waals surface area contributed by atoms with Crippen LogP contribution in [0.2, 0.25) is 0 Å². The Morgan fingerprint density at radius 2 is 1.73 bits per heavy atom. The maximum atomic E-state index is 15.4. The Kier molecular flexibility index (Phi) is 3.90. The second-order valence-electron chi connectivity index (χ2n) is 7.93. The summed E-state index contributed by atoms with van der Waals surface area (Å²) in [5, 5.41) is 6.64. The van der Waals surface area contributed by atoms with Gasteiger partial charge < -0.3 is 20.4 Å². The molecule has 0 spiro atoms. The van der Waals surface area contributed by atoms with E-state index in [2.05, 4.69) is 10.6 Å². The van der Waals surface area contributed by atoms with E-state index in [1.54, 1.807) is 4.90 Å². The van der Waals surface area contributed by atoms with Gasteiger partial charge in [0.25, 0.3) is 5.91 Å². The Hall–Kier alpha value is -1.73. The standard InChI is InChI=1S/C19H24F2N4O/c20-15-6-16(25-12-3-4-13(25)9-23-8-12)18(21)14-10-24(19(26)17(14)15)11-2-1-5-22-7-11/h6,11-13,22-23H,1-5,7-10H2. The highest BCUT2D eigenvalue weighted by Gasteiger charge is 2.42. The van der Waals surface area contributed by atoms with E-state index in [4.69, 9.17) is 0 Å². The number of amides is 1. The monoisotopic (exact) mass is 362 g/mol. The van der Waals surface area contributed by atoms with Gasteiger partial charge in [0.05, 0.1) is 17.8 Å². The number of piperidine rings is 1. The molecule has 1 aromatic rings. The van der Waals surface area contributed by atoms with E-state index < -0.39 is 11.6 Å². The van der Waals surface area contributed by atoms with Gasteiger partial charge in [-0.2, -0.15) is 0 Å². The summed E-state index contributed by atoms with van der Waals surface area (Å²) in [4.78, 5) is 16.5. The van der Waals surface area contributed by atoms with Crippen molar-refractivity contribution in [2.75, 3.05) is 31.1 Å². The second kappa shape index (κ2) is 6.16. The molecule has 5 nitrogen and oxygen atoms in total. The Morgan fingerprint density at radius 1 is 1.00 bits per heavy atom. The van der Waals surface area contributed by atoms with E-state index in [9.17, 15) is 9.18 Å². The Balaban J connectivity index is 1.51. The van der Waals surface area contributed by atoms with Crippen molar-refractivity contribution in [3.8, 4) is 0 Å². The molecular weight excluding hydrogens is 338 g/mol. The first-order valence-electron chi connectivity index (χ1n) is 9.66. The van der Waals surface area contributed by atoms with Gasteiger partial charge in [0.1, 0.15) is 5.82 Å². The molecule has 0 saturated carbocycles. The van der Waals surface area contributed by atoms with E-state index in [0.29, 0.717) is 12.2 Å². The number of anilines is 1. The van der Waals surface area contributed by atoms with Gasteiger partial charge in [-0.3, -0.25) is 4.79 Å². The molecule has 2 bridgehead atoms. The fraction of sp³-hybridized carbons (Fsp3) is 0.632. The molecule has 0 aliphatic carbocycles. The molecule has 3 atom stereocenters. The molecule has 3 fully saturated rings. The van der Waals surface area contributed by atoms with Gasteiger partial charge in [0, 0.05) is 49.4 Å². The van der Waals surface area contributed by atoms with Crippen molar-refractivity contribution in [3.63, 3.8) is 0 Å². The average Bonchev–Trinajstić information content (AvgIpc) is 3.12. The zero-order valence-corrected chi connectivity index (χ0v) is 14.7. The third-order valence-electron chi connectivity index (χ3n) is 6.47. The van der Waals surface area contributed by atoms with Gasteiger partial charge in [-0.05, 0) is 32.2 Å². The van der Waals surface area contributed by atoms with Crippen LogP contribution in [0.25, 0.3) is 0 Å². The van der Waals surface area contributed by atoms with Crippen LogP contribution in [-0.2, 0) is 6.54 Å². The third-order valence-corrected chi connectivity index (χ3v) is 6.47. The SMILES string of the molecule is O=C1c2c(F)cc(N3C4CCC3CNC4)c(F)c2CN1C1CCCNC1. The summed E-state index contributed by atoms with van der Waals surface area (Å²) in [5.41, 5.74) is 0.527. The van der Waals surface area contributed by atoms with Crippen LogP contribution in [0.1, 0.15) is 41.6 Å². The second-order valence-corrected chi connectivity index (χ2v) is 7.93. The van der Waals surface area contributed by atoms with Crippen molar-refractivity contribution < 1.29 is 13.6 Å². The molecule has 3 unspecified atom stereocenters. The molecular formula is C19H24F2N4O. The topological polar surface area (TPSA) is 47.6 Å². The van der Waals surface area contributed by atoms with E-state index in [1.807, 2.05) is 4.90 Å². The molecule has 0 radical (unpaired) electrons. The minimum atomic E-state index is -0.578. The van der Waals surface area contributed by atoms with E-state index >= 15 is 4.39 Å². The first-order valence-corrected chi connectivity index (χ1v) is 9.66. The molecule has 7 heteroatoms. The van der Waals surface area contributed by atoms with Crippen LogP contribution in [0.3, 0.4) is 0 Å². The molecule has 4 heterocycles. The normalized spacial score (nSPS) is 30.8. The van der Waals surface area contributed by atoms with Gasteiger partial charge >= 0.3 is 0 Å². The van der Waals surface area contributed by atoms with Crippen LogP contribution in [0, 0.1) is 11.6 Å². The summed E-state index contributed by atoms with van der Waals surface area (Å²) in [6, 6.07) is 1.68. The average molecular weight is 362 g/mol. The largest absolute Gasteiger partial charge is 0.361 e. The van der Waals surface area contributed by atoms with Crippen LogP contribution < -0.4 is 15.5 Å². The Bertz CT molecular complexity index is 734. The van der Waals surface area contributed by atoms with Gasteiger partial charge in [-0.15, -0.1) is 0 Å². The predicted molar refractivity (Wildman–Crippen MR) is 94.3 cm³/mol. The maximum Gasteiger partial charge on any atom is 0.257 e. The molecule has 1 aromatic carbocycles. The third kappa shape index (κ3) is 2.36. The summed E-state index contributed by atoms with van der Waals surface area (Å²) in [6.07, 6.45) is 3.85. The first kappa shape index (κ1) is 16.4. The summed E-state index contributed by atoms with van der Waals surface area (Å²) >= 11 is 0. The molecule has 1 amide bonds. The van der Waals surface area contributed by atoms with Crippen LogP contribution in [0.4, 0.5) is 14.5 Å². The first-order chi connectivity index (χ1) is 12.6. The maximum absolute atomic E-state index is 15.4. The van der Waals surface area contributed by atoms with E-state index in [0.717, 1.165) is 45.3 Å². The number of rotatable bonds is 2. The smallest absolute Gasteiger partial charge is 0.257 e. The highest BCUT2D eigenvalue weighted by molar-refractivity contribution is 5.99. The van der Waals surface area contributed by atoms with Gasteiger partial charge in [0.15, 0.2) is 5.82 Å². The van der Waals surface area contributed by atoms with Crippen molar-refractivity contribution in [1.82, 2.24) is 15.5 Å². The van der Waals surface area contributed by atoms with Crippen molar-refractivity contribution in [1.29, 1.82) is 0 Å². The number of nitrogens with one attached hydrogen (secondary N) is 2. The number of benzene rings is 1. The molecule has 0 aromatic heterocycles. The lowest BCUT2D eigenvalue weighted by atomic mass is 10.0. The van der Waals surface area contributed by atoms with Gasteiger partial charge in [-0.1, -0.05) is 0 Å². The summed E-state index contributed by atoms with van der Waals surface area (Å²) in [7, 11) is 0. The zero-order chi connectivity index (χ0) is 17.8. The summed E-state index contributed by atoms with van der Waals surface area (Å²) in [6.45, 7) is 3.40. The number of fused-ring (bicyclic) bond motifs is 3. The van der Waals surface area contributed by atoms with E-state index in [1.165, 1.54) is 6.07 Å². The minimum absolute atomic E-state index is 0.0151. The lowest BCUT2D eigenvalue weighted by Crippen LogP contribution is -2.52. The number of hydrogen-bond acceptors (Lipinski definition) is 4. The van der Waals surface area contributed by atoms with Crippen molar-refractivity contribution >= 4 is 11.6 Å². The molecule has 4 aliphatic rings. The zero-order valence-electron chi connectivity index (χ0n) is 14.7. The molecule has 140 valence electrons. The number of halogens is 2. The van der Waals surface area contributed by atoms with Crippen LogP contribution in [-0.4, -0.2) is 55.1 Å².